The number of amides is 1. The smallest absolute Gasteiger partial charge is 0.228 e. The fourth-order valence-corrected chi connectivity index (χ4v) is 1.70. The van der Waals surface area contributed by atoms with Gasteiger partial charge in [-0.3, -0.25) is 4.79 Å². The van der Waals surface area contributed by atoms with Gasteiger partial charge in [-0.25, -0.2) is 9.97 Å². The number of carbonyl (C=O) groups excluding carboxylic acids is 1. The third-order valence-electron chi connectivity index (χ3n) is 2.35. The molecule has 1 aliphatic rings. The molecule has 2 aromatic rings. The summed E-state index contributed by atoms with van der Waals surface area (Å²) in [4.78, 5) is 19.2. The monoisotopic (exact) mass is 185 g/mol. The Kier molecular flexibility index (Phi) is 1.33. The van der Waals surface area contributed by atoms with Crippen LogP contribution in [0, 0.1) is 0 Å². The SMILES string of the molecule is O=C1Cc2cc3ncncc3cc2N1. The van der Waals surface area contributed by atoms with Crippen molar-refractivity contribution in [3.05, 3.63) is 30.2 Å². The molecule has 0 saturated heterocycles. The van der Waals surface area contributed by atoms with E-state index >= 15 is 0 Å². The first-order valence-electron chi connectivity index (χ1n) is 4.35. The zero-order valence-corrected chi connectivity index (χ0v) is 7.32. The number of benzene rings is 1. The number of nitrogens with one attached hydrogen (secondary N) is 1. The summed E-state index contributed by atoms with van der Waals surface area (Å²) in [5.41, 5.74) is 2.79. The topological polar surface area (TPSA) is 54.9 Å². The van der Waals surface area contributed by atoms with Crippen molar-refractivity contribution in [1.82, 2.24) is 9.97 Å². The fraction of sp³-hybridized carbons (Fsp3) is 0.100. The van der Waals surface area contributed by atoms with Crippen molar-refractivity contribution in [3.8, 4) is 0 Å². The van der Waals surface area contributed by atoms with E-state index < -0.39 is 0 Å². The molecule has 0 atom stereocenters. The lowest BCUT2D eigenvalue weighted by atomic mass is 10.1. The second kappa shape index (κ2) is 2.51. The van der Waals surface area contributed by atoms with E-state index in [0.717, 1.165) is 22.2 Å². The number of hydrogen-bond acceptors (Lipinski definition) is 3. The van der Waals surface area contributed by atoms with E-state index in [1.54, 1.807) is 6.20 Å². The normalized spacial score (nSPS) is 14.1. The van der Waals surface area contributed by atoms with E-state index in [9.17, 15) is 4.79 Å². The van der Waals surface area contributed by atoms with Gasteiger partial charge in [0.2, 0.25) is 5.91 Å². The molecule has 1 aliphatic heterocycles. The summed E-state index contributed by atoms with van der Waals surface area (Å²) in [6.07, 6.45) is 3.71. The summed E-state index contributed by atoms with van der Waals surface area (Å²) in [6.45, 7) is 0. The molecule has 1 N–H and O–H groups in total. The summed E-state index contributed by atoms with van der Waals surface area (Å²) < 4.78 is 0. The molecule has 14 heavy (non-hydrogen) atoms. The average molecular weight is 185 g/mol. The van der Waals surface area contributed by atoms with Crippen molar-refractivity contribution in [1.29, 1.82) is 0 Å². The molecule has 0 spiro atoms. The van der Waals surface area contributed by atoms with Gasteiger partial charge in [0.1, 0.15) is 6.33 Å². The Morgan fingerprint density at radius 1 is 1.36 bits per heavy atom. The Morgan fingerprint density at radius 2 is 2.29 bits per heavy atom. The third kappa shape index (κ3) is 0.970. The Bertz CT molecular complexity index is 489. The van der Waals surface area contributed by atoms with Crippen LogP contribution in [0.2, 0.25) is 0 Å². The minimum atomic E-state index is 0.0447. The van der Waals surface area contributed by atoms with Crippen molar-refractivity contribution < 1.29 is 4.79 Å². The van der Waals surface area contributed by atoms with Crippen molar-refractivity contribution in [2.24, 2.45) is 0 Å². The maximum Gasteiger partial charge on any atom is 0.228 e. The molecule has 0 fully saturated rings. The quantitative estimate of drug-likeness (QED) is 0.669. The molecule has 4 nitrogen and oxygen atoms in total. The van der Waals surface area contributed by atoms with E-state index in [1.807, 2.05) is 12.1 Å². The van der Waals surface area contributed by atoms with Gasteiger partial charge in [-0.05, 0) is 17.7 Å². The average Bonchev–Trinajstić information content (AvgIpc) is 2.53. The number of rotatable bonds is 0. The summed E-state index contributed by atoms with van der Waals surface area (Å²) in [5.74, 6) is 0.0447. The van der Waals surface area contributed by atoms with Crippen molar-refractivity contribution >= 4 is 22.5 Å². The van der Waals surface area contributed by atoms with E-state index in [1.165, 1.54) is 6.33 Å². The second-order valence-corrected chi connectivity index (χ2v) is 3.32. The lowest BCUT2D eigenvalue weighted by Gasteiger charge is -2.00. The lowest BCUT2D eigenvalue weighted by Crippen LogP contribution is -2.03. The highest BCUT2D eigenvalue weighted by Crippen LogP contribution is 2.26. The van der Waals surface area contributed by atoms with Crippen molar-refractivity contribution in [2.45, 2.75) is 6.42 Å². The number of nitrogens with zero attached hydrogens (tertiary/aromatic N) is 2. The Labute approximate surface area is 80.0 Å². The maximum atomic E-state index is 11.1. The Hall–Kier alpha value is -1.97. The van der Waals surface area contributed by atoms with E-state index in [-0.39, 0.29) is 5.91 Å². The highest BCUT2D eigenvalue weighted by atomic mass is 16.1. The zero-order valence-electron chi connectivity index (χ0n) is 7.32. The van der Waals surface area contributed by atoms with Gasteiger partial charge >= 0.3 is 0 Å². The molecular formula is C10H7N3O. The molecule has 3 rings (SSSR count). The van der Waals surface area contributed by atoms with Gasteiger partial charge in [0.25, 0.3) is 0 Å². The van der Waals surface area contributed by atoms with Crippen LogP contribution in [0.15, 0.2) is 24.7 Å². The lowest BCUT2D eigenvalue weighted by molar-refractivity contribution is -0.115. The van der Waals surface area contributed by atoms with Gasteiger partial charge < -0.3 is 5.32 Å². The Morgan fingerprint density at radius 3 is 3.21 bits per heavy atom. The Balaban J connectivity index is 2.31. The summed E-state index contributed by atoms with van der Waals surface area (Å²) >= 11 is 0. The van der Waals surface area contributed by atoms with Gasteiger partial charge in [-0.1, -0.05) is 0 Å². The highest BCUT2D eigenvalue weighted by Gasteiger charge is 2.17. The molecule has 0 radical (unpaired) electrons. The summed E-state index contributed by atoms with van der Waals surface area (Å²) in [6, 6.07) is 3.85. The van der Waals surface area contributed by atoms with Crippen LogP contribution in [0.3, 0.4) is 0 Å². The molecular weight excluding hydrogens is 178 g/mol. The minimum absolute atomic E-state index is 0.0447. The van der Waals surface area contributed by atoms with Crippen molar-refractivity contribution in [3.63, 3.8) is 0 Å². The number of anilines is 1. The maximum absolute atomic E-state index is 11.1. The van der Waals surface area contributed by atoms with Crippen LogP contribution in [0.25, 0.3) is 10.9 Å². The zero-order chi connectivity index (χ0) is 9.54. The minimum Gasteiger partial charge on any atom is -0.326 e. The predicted octanol–water partition coefficient (Wildman–Crippen LogP) is 1.12. The molecule has 68 valence electrons. The summed E-state index contributed by atoms with van der Waals surface area (Å²) in [5, 5.41) is 3.75. The fourth-order valence-electron chi connectivity index (χ4n) is 1.70. The second-order valence-electron chi connectivity index (χ2n) is 3.32. The van der Waals surface area contributed by atoms with E-state index in [4.69, 9.17) is 0 Å². The number of hydrogen-bond donors (Lipinski definition) is 1. The number of fused-ring (bicyclic) bond motifs is 2. The highest BCUT2D eigenvalue weighted by molar-refractivity contribution is 6.02. The van der Waals surface area contributed by atoms with Crippen LogP contribution in [0.4, 0.5) is 5.69 Å². The summed E-state index contributed by atoms with van der Waals surface area (Å²) in [7, 11) is 0. The van der Waals surface area contributed by atoms with Crippen LogP contribution < -0.4 is 5.32 Å². The van der Waals surface area contributed by atoms with Gasteiger partial charge in [-0.15, -0.1) is 0 Å². The molecule has 4 heteroatoms. The van der Waals surface area contributed by atoms with Gasteiger partial charge in [0.15, 0.2) is 0 Å². The molecule has 0 bridgehead atoms. The molecule has 0 unspecified atom stereocenters. The predicted molar refractivity (Wildman–Crippen MR) is 51.9 cm³/mol. The molecule has 1 amide bonds. The standard InChI is InChI=1S/C10H7N3O/c14-10-3-6-1-8-7(2-9(6)13-10)4-11-5-12-8/h1-2,4-5H,3H2,(H,13,14). The van der Waals surface area contributed by atoms with Gasteiger partial charge in [0, 0.05) is 17.3 Å². The number of aromatic nitrogens is 2. The van der Waals surface area contributed by atoms with Crippen LogP contribution in [0.1, 0.15) is 5.56 Å². The molecule has 2 heterocycles. The molecule has 1 aromatic heterocycles. The first-order valence-corrected chi connectivity index (χ1v) is 4.35. The molecule has 1 aromatic carbocycles. The van der Waals surface area contributed by atoms with Crippen LogP contribution >= 0.6 is 0 Å². The van der Waals surface area contributed by atoms with E-state index in [2.05, 4.69) is 15.3 Å². The number of carbonyl (C=O) groups is 1. The van der Waals surface area contributed by atoms with Crippen molar-refractivity contribution in [2.75, 3.05) is 5.32 Å². The first kappa shape index (κ1) is 7.44. The molecule has 0 aliphatic carbocycles. The van der Waals surface area contributed by atoms with Gasteiger partial charge in [-0.2, -0.15) is 0 Å². The largest absolute Gasteiger partial charge is 0.326 e. The van der Waals surface area contributed by atoms with Crippen LogP contribution in [-0.2, 0) is 11.2 Å². The van der Waals surface area contributed by atoms with Crippen LogP contribution in [-0.4, -0.2) is 15.9 Å². The van der Waals surface area contributed by atoms with E-state index in [0.29, 0.717) is 6.42 Å². The van der Waals surface area contributed by atoms with Crippen LogP contribution in [0.5, 0.6) is 0 Å². The van der Waals surface area contributed by atoms with Gasteiger partial charge in [0.05, 0.1) is 11.9 Å². The molecule has 0 saturated carbocycles. The first-order chi connectivity index (χ1) is 6.83. The third-order valence-corrected chi connectivity index (χ3v) is 2.35.